The van der Waals surface area contributed by atoms with Crippen LogP contribution in [0.3, 0.4) is 0 Å². The molecule has 4 nitrogen and oxygen atoms in total. The van der Waals surface area contributed by atoms with E-state index in [1.807, 2.05) is 25.1 Å². The van der Waals surface area contributed by atoms with Gasteiger partial charge in [0.25, 0.3) is 0 Å². The molecule has 0 radical (unpaired) electrons. The molecule has 0 bridgehead atoms. The minimum absolute atomic E-state index is 0.146. The van der Waals surface area contributed by atoms with Crippen molar-refractivity contribution in [2.24, 2.45) is 0 Å². The second-order valence-electron chi connectivity index (χ2n) is 6.47. The van der Waals surface area contributed by atoms with Gasteiger partial charge in [-0.2, -0.15) is 0 Å². The molecule has 5 heteroatoms. The van der Waals surface area contributed by atoms with Gasteiger partial charge < -0.3 is 0 Å². The summed E-state index contributed by atoms with van der Waals surface area (Å²) in [7, 11) is -2.86. The summed E-state index contributed by atoms with van der Waals surface area (Å²) in [5, 5.41) is 1.17. The molecule has 1 aliphatic heterocycles. The van der Waals surface area contributed by atoms with Crippen LogP contribution in [0.15, 0.2) is 30.3 Å². The molecule has 0 spiro atoms. The van der Waals surface area contributed by atoms with Crippen LogP contribution in [0.5, 0.6) is 0 Å². The van der Waals surface area contributed by atoms with Gasteiger partial charge in [0.05, 0.1) is 17.0 Å². The lowest BCUT2D eigenvalue weighted by Gasteiger charge is -2.28. The lowest BCUT2D eigenvalue weighted by molar-refractivity contribution is 0.204. The summed E-state index contributed by atoms with van der Waals surface area (Å²) in [6.07, 6.45) is 1.78. The number of fused-ring (bicyclic) bond motifs is 1. The number of para-hydroxylation sites is 1. The predicted molar refractivity (Wildman–Crippen MR) is 94.2 cm³/mol. The molecule has 1 fully saturated rings. The lowest BCUT2D eigenvalue weighted by atomic mass is 10.1. The van der Waals surface area contributed by atoms with Gasteiger partial charge >= 0.3 is 0 Å². The Bertz CT molecular complexity index is 802. The van der Waals surface area contributed by atoms with E-state index in [9.17, 15) is 8.42 Å². The van der Waals surface area contributed by atoms with Gasteiger partial charge in [-0.05, 0) is 44.0 Å². The summed E-state index contributed by atoms with van der Waals surface area (Å²) in [6, 6.07) is 10.5. The van der Waals surface area contributed by atoms with Crippen LogP contribution in [0.4, 0.5) is 0 Å². The average molecular weight is 332 g/mol. The second-order valence-corrected chi connectivity index (χ2v) is 8.70. The highest BCUT2D eigenvalue weighted by molar-refractivity contribution is 7.91. The molecule has 1 atom stereocenters. The van der Waals surface area contributed by atoms with E-state index in [1.54, 1.807) is 0 Å². The van der Waals surface area contributed by atoms with Crippen molar-refractivity contribution >= 4 is 20.7 Å². The van der Waals surface area contributed by atoms with Gasteiger partial charge in [-0.25, -0.2) is 8.42 Å². The SMILES string of the molecule is CCCN(Cc1cc(C)nc2ccccc12)[C@@H]1CCS(=O)(=O)C1. The van der Waals surface area contributed by atoms with E-state index in [0.717, 1.165) is 37.1 Å². The van der Waals surface area contributed by atoms with Crippen molar-refractivity contribution in [2.45, 2.75) is 39.3 Å². The van der Waals surface area contributed by atoms with E-state index in [2.05, 4.69) is 28.9 Å². The summed E-state index contributed by atoms with van der Waals surface area (Å²) >= 11 is 0. The zero-order valence-corrected chi connectivity index (χ0v) is 14.6. The maximum Gasteiger partial charge on any atom is 0.151 e. The van der Waals surface area contributed by atoms with Crippen molar-refractivity contribution in [1.82, 2.24) is 9.88 Å². The van der Waals surface area contributed by atoms with Gasteiger partial charge in [0.1, 0.15) is 0 Å². The van der Waals surface area contributed by atoms with E-state index >= 15 is 0 Å². The van der Waals surface area contributed by atoms with Crippen LogP contribution in [0, 0.1) is 6.92 Å². The summed E-state index contributed by atoms with van der Waals surface area (Å²) < 4.78 is 23.7. The molecular formula is C18H24N2O2S. The third-order valence-electron chi connectivity index (χ3n) is 4.54. The molecule has 23 heavy (non-hydrogen) atoms. The third-order valence-corrected chi connectivity index (χ3v) is 6.29. The maximum atomic E-state index is 11.8. The predicted octanol–water partition coefficient (Wildman–Crippen LogP) is 2.94. The van der Waals surface area contributed by atoms with Crippen molar-refractivity contribution in [3.8, 4) is 0 Å². The van der Waals surface area contributed by atoms with Gasteiger partial charge in [-0.1, -0.05) is 25.1 Å². The molecule has 3 rings (SSSR count). The van der Waals surface area contributed by atoms with E-state index in [4.69, 9.17) is 0 Å². The Morgan fingerprint density at radius 2 is 2.09 bits per heavy atom. The highest BCUT2D eigenvalue weighted by atomic mass is 32.2. The largest absolute Gasteiger partial charge is 0.295 e. The highest BCUT2D eigenvalue weighted by Gasteiger charge is 2.32. The smallest absolute Gasteiger partial charge is 0.151 e. The Balaban J connectivity index is 1.91. The Morgan fingerprint density at radius 3 is 2.78 bits per heavy atom. The number of nitrogens with zero attached hydrogens (tertiary/aromatic N) is 2. The van der Waals surface area contributed by atoms with Crippen LogP contribution in [0.25, 0.3) is 10.9 Å². The zero-order chi connectivity index (χ0) is 16.4. The Labute approximate surface area is 138 Å². The molecule has 0 amide bonds. The van der Waals surface area contributed by atoms with Crippen molar-refractivity contribution in [1.29, 1.82) is 0 Å². The molecule has 0 saturated carbocycles. The number of sulfone groups is 1. The van der Waals surface area contributed by atoms with Crippen molar-refractivity contribution in [2.75, 3.05) is 18.1 Å². The van der Waals surface area contributed by atoms with Crippen LogP contribution >= 0.6 is 0 Å². The fourth-order valence-corrected chi connectivity index (χ4v) is 5.25. The second kappa shape index (κ2) is 6.57. The standard InChI is InChI=1S/C18H24N2O2S/c1-3-9-20(16-8-10-23(21,22)13-16)12-15-11-14(2)19-18-7-5-4-6-17(15)18/h4-7,11,16H,3,8-10,12-13H2,1-2H3/t16-/m1/s1. The summed E-state index contributed by atoms with van der Waals surface area (Å²) in [4.78, 5) is 6.93. The van der Waals surface area contributed by atoms with Gasteiger partial charge in [-0.15, -0.1) is 0 Å². The molecular weight excluding hydrogens is 308 g/mol. The Morgan fingerprint density at radius 1 is 1.30 bits per heavy atom. The van der Waals surface area contributed by atoms with Gasteiger partial charge in [0, 0.05) is 23.7 Å². The summed E-state index contributed by atoms with van der Waals surface area (Å²) in [5.41, 5.74) is 3.26. The molecule has 1 aromatic heterocycles. The highest BCUT2D eigenvalue weighted by Crippen LogP contribution is 2.24. The van der Waals surface area contributed by atoms with Gasteiger partial charge in [-0.3, -0.25) is 9.88 Å². The van der Waals surface area contributed by atoms with Crippen LogP contribution < -0.4 is 0 Å². The molecule has 0 aliphatic carbocycles. The van der Waals surface area contributed by atoms with Gasteiger partial charge in [0.2, 0.25) is 0 Å². The molecule has 1 saturated heterocycles. The molecule has 124 valence electrons. The van der Waals surface area contributed by atoms with Crippen LogP contribution in [0.2, 0.25) is 0 Å². The fraction of sp³-hybridized carbons (Fsp3) is 0.500. The number of pyridine rings is 1. The van der Waals surface area contributed by atoms with E-state index in [1.165, 1.54) is 10.9 Å². The van der Waals surface area contributed by atoms with Crippen LogP contribution in [-0.4, -0.2) is 42.4 Å². The molecule has 1 aromatic carbocycles. The first-order chi connectivity index (χ1) is 11.0. The van der Waals surface area contributed by atoms with E-state index in [-0.39, 0.29) is 6.04 Å². The monoisotopic (exact) mass is 332 g/mol. The third kappa shape index (κ3) is 3.72. The van der Waals surface area contributed by atoms with Crippen LogP contribution in [-0.2, 0) is 16.4 Å². The normalized spacial score (nSPS) is 20.4. The van der Waals surface area contributed by atoms with Crippen molar-refractivity contribution in [3.63, 3.8) is 0 Å². The maximum absolute atomic E-state index is 11.8. The van der Waals surface area contributed by atoms with Crippen molar-refractivity contribution in [3.05, 3.63) is 41.6 Å². The number of aromatic nitrogens is 1. The molecule has 2 heterocycles. The first kappa shape index (κ1) is 16.4. The number of benzene rings is 1. The minimum atomic E-state index is -2.86. The topological polar surface area (TPSA) is 50.3 Å². The number of aryl methyl sites for hydroxylation is 1. The van der Waals surface area contributed by atoms with Crippen molar-refractivity contribution < 1.29 is 8.42 Å². The number of rotatable bonds is 5. The first-order valence-electron chi connectivity index (χ1n) is 8.28. The molecule has 0 N–H and O–H groups in total. The molecule has 2 aromatic rings. The summed E-state index contributed by atoms with van der Waals surface area (Å²) in [6.45, 7) is 5.88. The zero-order valence-electron chi connectivity index (χ0n) is 13.8. The first-order valence-corrected chi connectivity index (χ1v) is 10.1. The van der Waals surface area contributed by atoms with E-state index < -0.39 is 9.84 Å². The lowest BCUT2D eigenvalue weighted by Crippen LogP contribution is -2.36. The average Bonchev–Trinajstić information content (AvgIpc) is 2.86. The quantitative estimate of drug-likeness (QED) is 0.845. The fourth-order valence-electron chi connectivity index (χ4n) is 3.49. The minimum Gasteiger partial charge on any atom is -0.295 e. The van der Waals surface area contributed by atoms with E-state index in [0.29, 0.717) is 11.5 Å². The number of hydrogen-bond donors (Lipinski definition) is 0. The Kier molecular flexibility index (Phi) is 4.69. The molecule has 0 unspecified atom stereocenters. The van der Waals surface area contributed by atoms with Gasteiger partial charge in [0.15, 0.2) is 9.84 Å². The molecule has 1 aliphatic rings. The summed E-state index contributed by atoms with van der Waals surface area (Å²) in [5.74, 6) is 0.628. The number of hydrogen-bond acceptors (Lipinski definition) is 4. The van der Waals surface area contributed by atoms with Crippen LogP contribution in [0.1, 0.15) is 31.0 Å². The Hall–Kier alpha value is -1.46.